The molecule has 1 amide bonds. The lowest BCUT2D eigenvalue weighted by molar-refractivity contribution is 0.0940. The second kappa shape index (κ2) is 10.6. The van der Waals surface area contributed by atoms with Crippen LogP contribution in [0.1, 0.15) is 34.1 Å². The monoisotopic (exact) mass is 526 g/mol. The number of halogens is 2. The van der Waals surface area contributed by atoms with E-state index in [-0.39, 0.29) is 27.5 Å². The van der Waals surface area contributed by atoms with E-state index in [1.54, 1.807) is 6.20 Å². The van der Waals surface area contributed by atoms with Crippen LogP contribution >= 0.6 is 0 Å². The van der Waals surface area contributed by atoms with Gasteiger partial charge in [0.15, 0.2) is 9.84 Å². The quantitative estimate of drug-likeness (QED) is 0.448. The number of nitrogens with one attached hydrogen (secondary N) is 1. The van der Waals surface area contributed by atoms with Crippen molar-refractivity contribution in [3.8, 4) is 11.3 Å². The smallest absolute Gasteiger partial charge is 0.254 e. The lowest BCUT2D eigenvalue weighted by atomic mass is 10.0. The number of nitrogens with zero attached hydrogens (tertiary/aromatic N) is 2. The lowest BCUT2D eigenvalue weighted by Crippen LogP contribution is -2.28. The zero-order chi connectivity index (χ0) is 26.7. The van der Waals surface area contributed by atoms with Crippen molar-refractivity contribution in [1.29, 1.82) is 0 Å². The summed E-state index contributed by atoms with van der Waals surface area (Å²) < 4.78 is 58.2. The van der Waals surface area contributed by atoms with Crippen LogP contribution in [0.5, 0.6) is 0 Å². The number of hydrogen-bond donors (Lipinski definition) is 2. The van der Waals surface area contributed by atoms with Gasteiger partial charge in [-0.15, -0.1) is 6.58 Å². The first-order valence-corrected chi connectivity index (χ1v) is 13.1. The summed E-state index contributed by atoms with van der Waals surface area (Å²) in [6.07, 6.45) is 6.34. The summed E-state index contributed by atoms with van der Waals surface area (Å²) in [5.74, 6) is -2.34. The number of benzene rings is 2. The molecule has 0 saturated carbocycles. The Hall–Kier alpha value is -3.96. The Morgan fingerprint density at radius 2 is 2.03 bits per heavy atom. The highest BCUT2D eigenvalue weighted by Crippen LogP contribution is 2.28. The van der Waals surface area contributed by atoms with Crippen molar-refractivity contribution in [2.45, 2.75) is 17.4 Å². The third-order valence-electron chi connectivity index (χ3n) is 5.78. The van der Waals surface area contributed by atoms with Crippen molar-refractivity contribution in [2.24, 2.45) is 0 Å². The molecule has 4 rings (SSSR count). The number of carbonyl (C=O) groups is 1. The number of ether oxygens (including phenoxy) is 1. The van der Waals surface area contributed by atoms with Crippen molar-refractivity contribution >= 4 is 27.1 Å². The van der Waals surface area contributed by atoms with Gasteiger partial charge in [-0.2, -0.15) is 0 Å². The van der Waals surface area contributed by atoms with Gasteiger partial charge >= 0.3 is 0 Å². The Morgan fingerprint density at radius 3 is 2.68 bits per heavy atom. The maximum absolute atomic E-state index is 15.1. The molecule has 0 bridgehead atoms. The molecular weight excluding hydrogens is 502 g/mol. The molecule has 0 saturated heterocycles. The SMILES string of the molecule is C=C[C@@H](NC(=O)c1ccc(-c2nc(C3=CCOCC3)cnc2N)cc1F)c1cc(F)cc(S(C)(=O)=O)c1. The molecule has 0 aliphatic carbocycles. The third-order valence-corrected chi connectivity index (χ3v) is 6.88. The Kier molecular flexibility index (Phi) is 7.46. The van der Waals surface area contributed by atoms with Crippen LogP contribution in [0.25, 0.3) is 16.8 Å². The van der Waals surface area contributed by atoms with Crippen molar-refractivity contribution in [1.82, 2.24) is 15.3 Å². The summed E-state index contributed by atoms with van der Waals surface area (Å²) in [4.78, 5) is 21.3. The van der Waals surface area contributed by atoms with E-state index in [1.165, 1.54) is 24.3 Å². The summed E-state index contributed by atoms with van der Waals surface area (Å²) in [6, 6.07) is 6.10. The molecule has 0 spiro atoms. The minimum Gasteiger partial charge on any atom is -0.382 e. The van der Waals surface area contributed by atoms with Crippen molar-refractivity contribution in [2.75, 3.05) is 25.2 Å². The maximum Gasteiger partial charge on any atom is 0.254 e. The van der Waals surface area contributed by atoms with Gasteiger partial charge in [0, 0.05) is 11.8 Å². The van der Waals surface area contributed by atoms with Crippen LogP contribution < -0.4 is 11.1 Å². The van der Waals surface area contributed by atoms with Crippen LogP contribution in [0.3, 0.4) is 0 Å². The maximum atomic E-state index is 15.1. The number of aromatic nitrogens is 2. The highest BCUT2D eigenvalue weighted by molar-refractivity contribution is 7.90. The highest BCUT2D eigenvalue weighted by Gasteiger charge is 2.21. The summed E-state index contributed by atoms with van der Waals surface area (Å²) in [6.45, 7) is 4.64. The first kappa shape index (κ1) is 26.1. The Bertz CT molecular complexity index is 1520. The second-order valence-electron chi connectivity index (χ2n) is 8.42. The minimum absolute atomic E-state index is 0.104. The highest BCUT2D eigenvalue weighted by atomic mass is 32.2. The molecule has 3 N–H and O–H groups in total. The molecular formula is C26H24F2N4O4S. The first-order valence-electron chi connectivity index (χ1n) is 11.2. The molecule has 3 aromatic rings. The number of rotatable bonds is 7. The molecule has 0 fully saturated rings. The molecule has 8 nitrogen and oxygen atoms in total. The molecule has 0 radical (unpaired) electrons. The van der Waals surface area contributed by atoms with E-state index in [0.717, 1.165) is 30.0 Å². The van der Waals surface area contributed by atoms with Gasteiger partial charge in [-0.1, -0.05) is 18.2 Å². The molecule has 1 aliphatic heterocycles. The van der Waals surface area contributed by atoms with E-state index in [1.807, 2.05) is 6.08 Å². The summed E-state index contributed by atoms with van der Waals surface area (Å²) in [5, 5.41) is 2.54. The fourth-order valence-electron chi connectivity index (χ4n) is 3.85. The van der Waals surface area contributed by atoms with Crippen molar-refractivity contribution in [3.63, 3.8) is 0 Å². The average Bonchev–Trinajstić information content (AvgIpc) is 2.87. The van der Waals surface area contributed by atoms with Crippen LogP contribution in [0.15, 0.2) is 66.2 Å². The molecule has 1 aromatic heterocycles. The number of carbonyl (C=O) groups excluding carboxylic acids is 1. The second-order valence-corrected chi connectivity index (χ2v) is 10.4. The van der Waals surface area contributed by atoms with Crippen LogP contribution in [0.4, 0.5) is 14.6 Å². The van der Waals surface area contributed by atoms with E-state index in [0.29, 0.717) is 30.9 Å². The predicted octanol–water partition coefficient (Wildman–Crippen LogP) is 3.87. The Morgan fingerprint density at radius 1 is 1.24 bits per heavy atom. The number of sulfone groups is 1. The molecule has 1 atom stereocenters. The molecule has 37 heavy (non-hydrogen) atoms. The lowest BCUT2D eigenvalue weighted by Gasteiger charge is -2.17. The fraction of sp³-hybridized carbons (Fsp3) is 0.192. The topological polar surface area (TPSA) is 124 Å². The molecule has 2 aromatic carbocycles. The molecule has 11 heteroatoms. The zero-order valence-corrected chi connectivity index (χ0v) is 20.7. The van der Waals surface area contributed by atoms with Crippen molar-refractivity contribution < 1.29 is 26.7 Å². The van der Waals surface area contributed by atoms with Gasteiger partial charge in [0.05, 0.1) is 41.6 Å². The fourth-order valence-corrected chi connectivity index (χ4v) is 4.52. The first-order chi connectivity index (χ1) is 17.6. The van der Waals surface area contributed by atoms with Crippen LogP contribution in [0.2, 0.25) is 0 Å². The van der Waals surface area contributed by atoms with Gasteiger partial charge in [0.1, 0.15) is 23.1 Å². The third kappa shape index (κ3) is 5.89. The zero-order valence-electron chi connectivity index (χ0n) is 19.9. The van der Waals surface area contributed by atoms with E-state index in [9.17, 15) is 17.6 Å². The van der Waals surface area contributed by atoms with Gasteiger partial charge in [-0.25, -0.2) is 27.2 Å². The average molecular weight is 527 g/mol. The van der Waals surface area contributed by atoms with Crippen LogP contribution in [-0.2, 0) is 14.6 Å². The number of anilines is 1. The normalized spacial score (nSPS) is 14.5. The van der Waals surface area contributed by atoms with Crippen LogP contribution in [-0.4, -0.2) is 43.8 Å². The number of nitrogen functional groups attached to an aromatic ring is 1. The largest absolute Gasteiger partial charge is 0.382 e. The minimum atomic E-state index is -3.70. The Labute approximate surface area is 212 Å². The molecule has 192 valence electrons. The van der Waals surface area contributed by atoms with Gasteiger partial charge < -0.3 is 15.8 Å². The summed E-state index contributed by atoms with van der Waals surface area (Å²) >= 11 is 0. The summed E-state index contributed by atoms with van der Waals surface area (Å²) in [5.41, 5.74) is 8.01. The van der Waals surface area contributed by atoms with Gasteiger partial charge in [-0.3, -0.25) is 4.79 Å². The van der Waals surface area contributed by atoms with E-state index in [2.05, 4.69) is 21.9 Å². The van der Waals surface area contributed by atoms with Gasteiger partial charge in [0.2, 0.25) is 0 Å². The van der Waals surface area contributed by atoms with Gasteiger partial charge in [0.25, 0.3) is 5.91 Å². The number of nitrogens with two attached hydrogens (primary N) is 1. The molecule has 0 unspecified atom stereocenters. The van der Waals surface area contributed by atoms with Gasteiger partial charge in [-0.05, 0) is 47.9 Å². The summed E-state index contributed by atoms with van der Waals surface area (Å²) in [7, 11) is -3.70. The Balaban J connectivity index is 1.60. The van der Waals surface area contributed by atoms with E-state index in [4.69, 9.17) is 10.5 Å². The molecule has 1 aliphatic rings. The molecule has 2 heterocycles. The number of hydrogen-bond acceptors (Lipinski definition) is 7. The van der Waals surface area contributed by atoms with Crippen molar-refractivity contribution in [3.05, 3.63) is 89.8 Å². The standard InChI is InChI=1S/C26H24F2N4O4S/c1-3-22(17-10-18(27)13-19(11-17)37(2,34)35)32-26(33)20-5-4-16(12-21(20)28)24-25(29)30-14-23(31-24)15-6-8-36-9-7-15/h3-6,10-14,22H,1,7-9H2,2H3,(H2,29,30)(H,32,33)/t22-/m1/s1. The number of amides is 1. The van der Waals surface area contributed by atoms with Crippen LogP contribution in [0, 0.1) is 11.6 Å². The predicted molar refractivity (Wildman–Crippen MR) is 135 cm³/mol. The van der Waals surface area contributed by atoms with E-state index >= 15 is 4.39 Å². The van der Waals surface area contributed by atoms with E-state index < -0.39 is 33.4 Å².